The molecule has 0 spiro atoms. The van der Waals surface area contributed by atoms with Crippen LogP contribution in [0, 0.1) is 0 Å². The molecule has 3 heteroatoms. The van der Waals surface area contributed by atoms with Gasteiger partial charge < -0.3 is 10.2 Å². The highest BCUT2D eigenvalue weighted by molar-refractivity contribution is 5.76. The fourth-order valence-corrected chi connectivity index (χ4v) is 2.34. The summed E-state index contributed by atoms with van der Waals surface area (Å²) in [7, 11) is 0. The molecule has 3 nitrogen and oxygen atoms in total. The van der Waals surface area contributed by atoms with E-state index in [9.17, 15) is 4.79 Å². The number of carbonyl (C=O) groups is 1. The summed E-state index contributed by atoms with van der Waals surface area (Å²) in [5.41, 5.74) is 0. The van der Waals surface area contributed by atoms with Gasteiger partial charge in [0.2, 0.25) is 5.91 Å². The van der Waals surface area contributed by atoms with Crippen molar-refractivity contribution in [3.63, 3.8) is 0 Å². The molecule has 0 bridgehead atoms. The monoisotopic (exact) mass is 226 g/mol. The summed E-state index contributed by atoms with van der Waals surface area (Å²) in [5.74, 6) is 0.297. The van der Waals surface area contributed by atoms with Gasteiger partial charge in [-0.15, -0.1) is 0 Å². The first-order valence-electron chi connectivity index (χ1n) is 6.71. The number of hydrogen-bond acceptors (Lipinski definition) is 2. The van der Waals surface area contributed by atoms with Crippen LogP contribution in [0.1, 0.15) is 52.9 Å². The predicted octanol–water partition coefficient (Wildman–Crippen LogP) is 2.17. The zero-order chi connectivity index (χ0) is 12.0. The van der Waals surface area contributed by atoms with Crippen LogP contribution in [0.3, 0.4) is 0 Å². The smallest absolute Gasteiger partial charge is 0.222 e. The zero-order valence-electron chi connectivity index (χ0n) is 11.0. The van der Waals surface area contributed by atoms with E-state index < -0.39 is 0 Å². The summed E-state index contributed by atoms with van der Waals surface area (Å²) in [6.07, 6.45) is 5.55. The Kier molecular flexibility index (Phi) is 5.81. The Morgan fingerprint density at radius 2 is 2.25 bits per heavy atom. The number of nitrogens with zero attached hydrogens (tertiary/aromatic N) is 1. The first kappa shape index (κ1) is 13.5. The minimum absolute atomic E-state index is 0.297. The number of carbonyl (C=O) groups excluding carboxylic acids is 1. The highest BCUT2D eigenvalue weighted by Gasteiger charge is 2.25. The maximum Gasteiger partial charge on any atom is 0.222 e. The van der Waals surface area contributed by atoms with Crippen LogP contribution in [0.25, 0.3) is 0 Å². The molecule has 0 radical (unpaired) electrons. The molecule has 1 aliphatic rings. The first-order chi connectivity index (χ1) is 7.67. The van der Waals surface area contributed by atoms with Crippen molar-refractivity contribution in [3.8, 4) is 0 Å². The number of likely N-dealkylation sites (tertiary alicyclic amines) is 1. The second-order valence-electron chi connectivity index (χ2n) is 4.89. The second kappa shape index (κ2) is 6.89. The normalized spacial score (nSPS) is 22.4. The topological polar surface area (TPSA) is 32.3 Å². The molecule has 2 unspecified atom stereocenters. The maximum atomic E-state index is 11.5. The third-order valence-electron chi connectivity index (χ3n) is 3.35. The minimum Gasteiger partial charge on any atom is -0.341 e. The standard InChI is InChI=1S/C13H26N2O/c1-4-6-7-11(3)14-12-8-9-15(10-12)13(16)5-2/h11-12,14H,4-10H2,1-3H3. The quantitative estimate of drug-likeness (QED) is 0.753. The van der Waals surface area contributed by atoms with Gasteiger partial charge in [0.05, 0.1) is 0 Å². The Bertz CT molecular complexity index is 218. The lowest BCUT2D eigenvalue weighted by Crippen LogP contribution is -2.39. The van der Waals surface area contributed by atoms with E-state index in [0.717, 1.165) is 19.5 Å². The average Bonchev–Trinajstić information content (AvgIpc) is 2.73. The van der Waals surface area contributed by atoms with Crippen molar-refractivity contribution in [2.45, 2.75) is 65.0 Å². The summed E-state index contributed by atoms with van der Waals surface area (Å²) in [6.45, 7) is 8.25. The van der Waals surface area contributed by atoms with Crippen LogP contribution in [0.2, 0.25) is 0 Å². The van der Waals surface area contributed by atoms with Gasteiger partial charge in [-0.1, -0.05) is 26.7 Å². The van der Waals surface area contributed by atoms with Gasteiger partial charge >= 0.3 is 0 Å². The molecular formula is C13H26N2O. The largest absolute Gasteiger partial charge is 0.341 e. The molecule has 0 aromatic heterocycles. The van der Waals surface area contributed by atoms with E-state index >= 15 is 0 Å². The van der Waals surface area contributed by atoms with Crippen molar-refractivity contribution < 1.29 is 4.79 Å². The van der Waals surface area contributed by atoms with Crippen LogP contribution in [-0.2, 0) is 4.79 Å². The second-order valence-corrected chi connectivity index (χ2v) is 4.89. The van der Waals surface area contributed by atoms with E-state index in [0.29, 0.717) is 24.4 Å². The average molecular weight is 226 g/mol. The van der Waals surface area contributed by atoms with E-state index in [4.69, 9.17) is 0 Å². The summed E-state index contributed by atoms with van der Waals surface area (Å²) < 4.78 is 0. The molecule has 0 aromatic carbocycles. The van der Waals surface area contributed by atoms with Crippen molar-refractivity contribution in [3.05, 3.63) is 0 Å². The Hall–Kier alpha value is -0.570. The molecule has 2 atom stereocenters. The van der Waals surface area contributed by atoms with Gasteiger partial charge in [-0.2, -0.15) is 0 Å². The lowest BCUT2D eigenvalue weighted by Gasteiger charge is -2.20. The van der Waals surface area contributed by atoms with Gasteiger partial charge in [-0.05, 0) is 19.8 Å². The summed E-state index contributed by atoms with van der Waals surface area (Å²) >= 11 is 0. The van der Waals surface area contributed by atoms with Gasteiger partial charge in [-0.3, -0.25) is 4.79 Å². The first-order valence-corrected chi connectivity index (χ1v) is 6.71. The molecule has 1 amide bonds. The predicted molar refractivity (Wildman–Crippen MR) is 67.4 cm³/mol. The van der Waals surface area contributed by atoms with Crippen LogP contribution in [0.15, 0.2) is 0 Å². The van der Waals surface area contributed by atoms with Crippen molar-refractivity contribution in [2.24, 2.45) is 0 Å². The van der Waals surface area contributed by atoms with Gasteiger partial charge in [-0.25, -0.2) is 0 Å². The summed E-state index contributed by atoms with van der Waals surface area (Å²) in [5, 5.41) is 3.63. The van der Waals surface area contributed by atoms with Gasteiger partial charge in [0.1, 0.15) is 0 Å². The lowest BCUT2D eigenvalue weighted by molar-refractivity contribution is -0.129. The number of rotatable bonds is 6. The fraction of sp³-hybridized carbons (Fsp3) is 0.923. The minimum atomic E-state index is 0.297. The van der Waals surface area contributed by atoms with E-state index in [-0.39, 0.29) is 0 Å². The molecule has 0 saturated carbocycles. The van der Waals surface area contributed by atoms with E-state index in [2.05, 4.69) is 19.2 Å². The number of amides is 1. The molecular weight excluding hydrogens is 200 g/mol. The maximum absolute atomic E-state index is 11.5. The van der Waals surface area contributed by atoms with E-state index in [1.807, 2.05) is 11.8 Å². The number of unbranched alkanes of at least 4 members (excludes halogenated alkanes) is 1. The molecule has 0 aromatic rings. The van der Waals surface area contributed by atoms with Gasteiger partial charge in [0.25, 0.3) is 0 Å². The molecule has 94 valence electrons. The summed E-state index contributed by atoms with van der Waals surface area (Å²) in [6, 6.07) is 1.10. The van der Waals surface area contributed by atoms with Crippen molar-refractivity contribution >= 4 is 5.91 Å². The van der Waals surface area contributed by atoms with Crippen LogP contribution < -0.4 is 5.32 Å². The fourth-order valence-electron chi connectivity index (χ4n) is 2.34. The Morgan fingerprint density at radius 1 is 1.50 bits per heavy atom. The van der Waals surface area contributed by atoms with Crippen LogP contribution in [0.4, 0.5) is 0 Å². The van der Waals surface area contributed by atoms with Crippen molar-refractivity contribution in [1.82, 2.24) is 10.2 Å². The van der Waals surface area contributed by atoms with Gasteiger partial charge in [0, 0.05) is 31.6 Å². The third-order valence-corrected chi connectivity index (χ3v) is 3.35. The van der Waals surface area contributed by atoms with Crippen molar-refractivity contribution in [1.29, 1.82) is 0 Å². The Balaban J connectivity index is 2.23. The lowest BCUT2D eigenvalue weighted by atomic mass is 10.1. The van der Waals surface area contributed by atoms with Gasteiger partial charge in [0.15, 0.2) is 0 Å². The number of hydrogen-bond donors (Lipinski definition) is 1. The van der Waals surface area contributed by atoms with E-state index in [1.54, 1.807) is 0 Å². The highest BCUT2D eigenvalue weighted by Crippen LogP contribution is 2.12. The molecule has 1 fully saturated rings. The van der Waals surface area contributed by atoms with Crippen LogP contribution in [-0.4, -0.2) is 36.0 Å². The molecule has 1 heterocycles. The molecule has 16 heavy (non-hydrogen) atoms. The summed E-state index contributed by atoms with van der Waals surface area (Å²) in [4.78, 5) is 13.5. The zero-order valence-corrected chi connectivity index (χ0v) is 11.0. The third kappa shape index (κ3) is 4.12. The molecule has 1 saturated heterocycles. The van der Waals surface area contributed by atoms with Crippen LogP contribution in [0.5, 0.6) is 0 Å². The van der Waals surface area contributed by atoms with Crippen molar-refractivity contribution in [2.75, 3.05) is 13.1 Å². The molecule has 1 rings (SSSR count). The highest BCUT2D eigenvalue weighted by atomic mass is 16.2. The number of nitrogens with one attached hydrogen (secondary N) is 1. The molecule has 1 N–H and O–H groups in total. The molecule has 0 aliphatic carbocycles. The van der Waals surface area contributed by atoms with Crippen LogP contribution >= 0.6 is 0 Å². The van der Waals surface area contributed by atoms with E-state index in [1.165, 1.54) is 19.3 Å². The molecule has 1 aliphatic heterocycles. The Morgan fingerprint density at radius 3 is 2.88 bits per heavy atom. The Labute approximate surface area is 99.6 Å². The SMILES string of the molecule is CCCCC(C)NC1CCN(C(=O)CC)C1.